The third-order valence-corrected chi connectivity index (χ3v) is 2.95. The fourth-order valence-corrected chi connectivity index (χ4v) is 2.05. The zero-order chi connectivity index (χ0) is 16.3. The molecule has 0 aromatic heterocycles. The second kappa shape index (κ2) is 5.97. The predicted octanol–water partition coefficient (Wildman–Crippen LogP) is 3.87. The predicted molar refractivity (Wildman–Crippen MR) is 90.6 cm³/mol. The Hall–Kier alpha value is -2.69. The van der Waals surface area contributed by atoms with Crippen molar-refractivity contribution in [3.05, 3.63) is 42.5 Å². The first kappa shape index (κ1) is 15.7. The third kappa shape index (κ3) is 3.91. The molecule has 0 aliphatic rings. The molecule has 0 spiro atoms. The number of benzene rings is 2. The molecule has 0 aliphatic carbocycles. The first-order chi connectivity index (χ1) is 10.3. The lowest BCUT2D eigenvalue weighted by Crippen LogP contribution is -2.27. The van der Waals surface area contributed by atoms with Gasteiger partial charge in [0.1, 0.15) is 5.60 Å². The summed E-state index contributed by atoms with van der Waals surface area (Å²) in [5.41, 5.74) is 14.9. The van der Waals surface area contributed by atoms with E-state index in [1.165, 1.54) is 0 Å². The molecule has 0 unspecified atom stereocenters. The van der Waals surface area contributed by atoms with Gasteiger partial charge in [0.2, 0.25) is 0 Å². The van der Waals surface area contributed by atoms with Crippen molar-refractivity contribution in [2.45, 2.75) is 26.4 Å². The maximum Gasteiger partial charge on any atom is 0.412 e. The van der Waals surface area contributed by atoms with Crippen LogP contribution in [0.5, 0.6) is 0 Å². The summed E-state index contributed by atoms with van der Waals surface area (Å²) in [4.78, 5) is 11.8. The maximum absolute atomic E-state index is 11.8. The average Bonchev–Trinajstić information content (AvgIpc) is 2.38. The van der Waals surface area contributed by atoms with Crippen LogP contribution in [-0.2, 0) is 4.74 Å². The summed E-state index contributed by atoms with van der Waals surface area (Å²) in [6, 6.07) is 12.8. The van der Waals surface area contributed by atoms with Gasteiger partial charge >= 0.3 is 6.09 Å². The summed E-state index contributed by atoms with van der Waals surface area (Å²) in [6.45, 7) is 5.42. The second-order valence-corrected chi connectivity index (χ2v) is 6.02. The Morgan fingerprint density at radius 2 is 1.64 bits per heavy atom. The van der Waals surface area contributed by atoms with E-state index in [4.69, 9.17) is 16.2 Å². The minimum atomic E-state index is -0.548. The monoisotopic (exact) mass is 299 g/mol. The Bertz CT molecular complexity index is 691. The minimum Gasteiger partial charge on any atom is -0.444 e. The number of rotatable bonds is 2. The second-order valence-electron chi connectivity index (χ2n) is 6.02. The number of carbonyl (C=O) groups excluding carboxylic acids is 1. The van der Waals surface area contributed by atoms with Gasteiger partial charge in [-0.25, -0.2) is 4.79 Å². The van der Waals surface area contributed by atoms with Crippen molar-refractivity contribution < 1.29 is 9.53 Å². The van der Waals surface area contributed by atoms with Gasteiger partial charge < -0.3 is 16.2 Å². The lowest BCUT2D eigenvalue weighted by atomic mass is 10.0. The fraction of sp³-hybridized carbons (Fsp3) is 0.235. The van der Waals surface area contributed by atoms with Crippen molar-refractivity contribution in [1.82, 2.24) is 0 Å². The zero-order valence-corrected chi connectivity index (χ0v) is 13.0. The largest absolute Gasteiger partial charge is 0.444 e. The number of hydrogen-bond donors (Lipinski definition) is 3. The molecule has 5 nitrogen and oxygen atoms in total. The zero-order valence-electron chi connectivity index (χ0n) is 13.0. The number of nitrogen functional groups attached to an aromatic ring is 2. The molecule has 0 fully saturated rings. The van der Waals surface area contributed by atoms with Crippen LogP contribution >= 0.6 is 0 Å². The van der Waals surface area contributed by atoms with E-state index < -0.39 is 11.7 Å². The number of nitrogens with one attached hydrogen (secondary N) is 1. The van der Waals surface area contributed by atoms with E-state index in [1.807, 2.05) is 51.1 Å². The SMILES string of the molecule is CC(C)(C)OC(=O)Nc1ccc(-c2ccccc2N)c(N)c1. The van der Waals surface area contributed by atoms with Crippen molar-refractivity contribution in [3.8, 4) is 11.1 Å². The molecule has 0 radical (unpaired) electrons. The summed E-state index contributed by atoms with van der Waals surface area (Å²) in [5.74, 6) is 0. The fourth-order valence-electron chi connectivity index (χ4n) is 2.05. The Morgan fingerprint density at radius 1 is 1.00 bits per heavy atom. The van der Waals surface area contributed by atoms with Crippen LogP contribution in [0.4, 0.5) is 21.9 Å². The highest BCUT2D eigenvalue weighted by Gasteiger charge is 2.16. The molecule has 5 N–H and O–H groups in total. The number of carbonyl (C=O) groups is 1. The van der Waals surface area contributed by atoms with Gasteiger partial charge in [0.15, 0.2) is 0 Å². The normalized spacial score (nSPS) is 11.0. The number of nitrogens with two attached hydrogens (primary N) is 2. The van der Waals surface area contributed by atoms with Crippen LogP contribution < -0.4 is 16.8 Å². The molecule has 22 heavy (non-hydrogen) atoms. The summed E-state index contributed by atoms with van der Waals surface area (Å²) in [5, 5.41) is 2.66. The minimum absolute atomic E-state index is 0.515. The lowest BCUT2D eigenvalue weighted by molar-refractivity contribution is 0.0636. The molecule has 5 heteroatoms. The van der Waals surface area contributed by atoms with Crippen molar-refractivity contribution in [3.63, 3.8) is 0 Å². The molecule has 2 aromatic rings. The van der Waals surface area contributed by atoms with Gasteiger partial charge in [-0.1, -0.05) is 24.3 Å². The number of hydrogen-bond acceptors (Lipinski definition) is 4. The number of para-hydroxylation sites is 1. The van der Waals surface area contributed by atoms with Crippen LogP contribution in [0.15, 0.2) is 42.5 Å². The van der Waals surface area contributed by atoms with Crippen LogP contribution in [0.25, 0.3) is 11.1 Å². The number of ether oxygens (including phenoxy) is 1. The molecule has 2 rings (SSSR count). The summed E-state index contributed by atoms with van der Waals surface area (Å²) >= 11 is 0. The Balaban J connectivity index is 2.20. The molecule has 0 bridgehead atoms. The quantitative estimate of drug-likeness (QED) is 0.734. The van der Waals surface area contributed by atoms with Crippen LogP contribution in [0, 0.1) is 0 Å². The van der Waals surface area contributed by atoms with E-state index in [1.54, 1.807) is 12.1 Å². The van der Waals surface area contributed by atoms with Gasteiger partial charge in [-0.3, -0.25) is 5.32 Å². The Labute approximate surface area is 130 Å². The Morgan fingerprint density at radius 3 is 2.23 bits per heavy atom. The number of anilines is 3. The van der Waals surface area contributed by atoms with E-state index in [9.17, 15) is 4.79 Å². The first-order valence-electron chi connectivity index (χ1n) is 7.01. The molecule has 1 amide bonds. The van der Waals surface area contributed by atoms with Crippen molar-refractivity contribution in [2.24, 2.45) is 0 Å². The van der Waals surface area contributed by atoms with Gasteiger partial charge in [-0.15, -0.1) is 0 Å². The van der Waals surface area contributed by atoms with Crippen molar-refractivity contribution in [2.75, 3.05) is 16.8 Å². The van der Waals surface area contributed by atoms with Crippen LogP contribution in [0.1, 0.15) is 20.8 Å². The maximum atomic E-state index is 11.8. The standard InChI is InChI=1S/C17H21N3O2/c1-17(2,3)22-16(21)20-11-8-9-13(15(19)10-11)12-6-4-5-7-14(12)18/h4-10H,18-19H2,1-3H3,(H,20,21). The molecular weight excluding hydrogens is 278 g/mol. The smallest absolute Gasteiger partial charge is 0.412 e. The molecular formula is C17H21N3O2. The molecule has 0 saturated heterocycles. The topological polar surface area (TPSA) is 90.4 Å². The highest BCUT2D eigenvalue weighted by Crippen LogP contribution is 2.32. The molecule has 116 valence electrons. The van der Waals surface area contributed by atoms with Crippen LogP contribution in [-0.4, -0.2) is 11.7 Å². The van der Waals surface area contributed by atoms with E-state index in [-0.39, 0.29) is 0 Å². The van der Waals surface area contributed by atoms with Gasteiger partial charge in [-0.2, -0.15) is 0 Å². The van der Waals surface area contributed by atoms with E-state index in [0.717, 1.165) is 11.1 Å². The van der Waals surface area contributed by atoms with Crippen LogP contribution in [0.3, 0.4) is 0 Å². The van der Waals surface area contributed by atoms with E-state index >= 15 is 0 Å². The van der Waals surface area contributed by atoms with Gasteiger partial charge in [0.25, 0.3) is 0 Å². The van der Waals surface area contributed by atoms with E-state index in [0.29, 0.717) is 17.1 Å². The molecule has 0 aliphatic heterocycles. The summed E-state index contributed by atoms with van der Waals surface area (Å²) in [7, 11) is 0. The summed E-state index contributed by atoms with van der Waals surface area (Å²) in [6.07, 6.45) is -0.515. The first-order valence-corrected chi connectivity index (χ1v) is 7.01. The van der Waals surface area contributed by atoms with Gasteiger partial charge in [-0.05, 0) is 39.0 Å². The van der Waals surface area contributed by atoms with Gasteiger partial charge in [0, 0.05) is 28.2 Å². The molecule has 2 aromatic carbocycles. The number of amides is 1. The van der Waals surface area contributed by atoms with E-state index in [2.05, 4.69) is 5.32 Å². The van der Waals surface area contributed by atoms with Gasteiger partial charge in [0.05, 0.1) is 0 Å². The molecule has 0 heterocycles. The highest BCUT2D eigenvalue weighted by atomic mass is 16.6. The van der Waals surface area contributed by atoms with Crippen molar-refractivity contribution in [1.29, 1.82) is 0 Å². The Kier molecular flexibility index (Phi) is 4.26. The molecule has 0 atom stereocenters. The lowest BCUT2D eigenvalue weighted by Gasteiger charge is -2.20. The molecule has 0 saturated carbocycles. The average molecular weight is 299 g/mol. The van der Waals surface area contributed by atoms with Crippen LogP contribution in [0.2, 0.25) is 0 Å². The third-order valence-electron chi connectivity index (χ3n) is 2.95. The summed E-state index contributed by atoms with van der Waals surface area (Å²) < 4.78 is 5.20. The van der Waals surface area contributed by atoms with Crippen molar-refractivity contribution >= 4 is 23.2 Å². The highest BCUT2D eigenvalue weighted by molar-refractivity contribution is 5.90.